The lowest BCUT2D eigenvalue weighted by Gasteiger charge is -2.22. The van der Waals surface area contributed by atoms with Crippen molar-refractivity contribution in [1.82, 2.24) is 15.2 Å². The van der Waals surface area contributed by atoms with Crippen LogP contribution in [0.5, 0.6) is 0 Å². The average molecular weight is 395 g/mol. The zero-order valence-electron chi connectivity index (χ0n) is 17.6. The fraction of sp³-hybridized carbons (Fsp3) is 0.435. The van der Waals surface area contributed by atoms with Gasteiger partial charge in [0.05, 0.1) is 16.5 Å². The summed E-state index contributed by atoms with van der Waals surface area (Å²) in [4.78, 5) is 17.0. The van der Waals surface area contributed by atoms with Crippen LogP contribution in [0.4, 0.5) is 5.82 Å². The predicted molar refractivity (Wildman–Crippen MR) is 116 cm³/mol. The Kier molecular flexibility index (Phi) is 6.33. The van der Waals surface area contributed by atoms with Crippen molar-refractivity contribution >= 4 is 22.5 Å². The van der Waals surface area contributed by atoms with Crippen LogP contribution in [-0.2, 0) is 11.2 Å². The summed E-state index contributed by atoms with van der Waals surface area (Å²) in [6.45, 7) is 7.66. The lowest BCUT2D eigenvalue weighted by molar-refractivity contribution is -0.118. The third-order valence-corrected chi connectivity index (χ3v) is 4.97. The van der Waals surface area contributed by atoms with Crippen LogP contribution in [-0.4, -0.2) is 37.7 Å². The molecule has 3 N–H and O–H groups in total. The molecule has 0 saturated heterocycles. The highest BCUT2D eigenvalue weighted by atomic mass is 16.3. The Hall–Kier alpha value is -2.73. The number of pyridine rings is 1. The van der Waals surface area contributed by atoms with Gasteiger partial charge in [0, 0.05) is 30.8 Å². The molecule has 154 valence electrons. The number of nitrogens with one attached hydrogen (secondary N) is 2. The zero-order valence-corrected chi connectivity index (χ0v) is 17.6. The number of hydrogen-bond acceptors (Lipinski definition) is 5. The zero-order chi connectivity index (χ0) is 21.0. The molecule has 0 saturated carbocycles. The minimum absolute atomic E-state index is 0.0576. The first kappa shape index (κ1) is 21.0. The summed E-state index contributed by atoms with van der Waals surface area (Å²) in [5, 5.41) is 21.5. The molecular weight excluding hydrogens is 364 g/mol. The highest BCUT2D eigenvalue weighted by Gasteiger charge is 2.19. The molecule has 2 atom stereocenters. The standard InChI is InChI=1S/C23H30N4O2/c1-15(17-8-6-5-7-9-17)10-19(28)11-18-12-21-20(14-24-18)22(27-26-21)25-16(2)13-23(3,4)29/h5-9,12,14-16,29H,10-11,13H2,1-4H3,(H2,25,26,27)/t15-,16?/m0/s1. The van der Waals surface area contributed by atoms with Crippen LogP contribution < -0.4 is 5.32 Å². The molecule has 2 aromatic heterocycles. The van der Waals surface area contributed by atoms with Gasteiger partial charge in [-0.3, -0.25) is 14.9 Å². The SMILES string of the molecule is CC(CC(C)(C)O)Nc1n[nH]c2cc(CC(=O)C[C@H](C)c3ccccc3)ncc12. The Morgan fingerprint density at radius 1 is 1.24 bits per heavy atom. The number of hydrogen-bond donors (Lipinski definition) is 3. The van der Waals surface area contributed by atoms with Gasteiger partial charge in [0.15, 0.2) is 5.82 Å². The van der Waals surface area contributed by atoms with E-state index in [1.54, 1.807) is 20.0 Å². The second kappa shape index (κ2) is 8.74. The molecule has 0 fully saturated rings. The van der Waals surface area contributed by atoms with Crippen molar-refractivity contribution in [3.63, 3.8) is 0 Å². The molecular formula is C23H30N4O2. The largest absolute Gasteiger partial charge is 0.390 e. The van der Waals surface area contributed by atoms with E-state index in [-0.39, 0.29) is 17.7 Å². The van der Waals surface area contributed by atoms with Crippen molar-refractivity contribution < 1.29 is 9.90 Å². The van der Waals surface area contributed by atoms with Gasteiger partial charge in [-0.05, 0) is 44.7 Å². The van der Waals surface area contributed by atoms with Gasteiger partial charge >= 0.3 is 0 Å². The first-order chi connectivity index (χ1) is 13.7. The van der Waals surface area contributed by atoms with Crippen molar-refractivity contribution in [2.45, 2.75) is 64.5 Å². The van der Waals surface area contributed by atoms with Gasteiger partial charge in [-0.25, -0.2) is 0 Å². The van der Waals surface area contributed by atoms with Crippen LogP contribution in [0.1, 0.15) is 57.7 Å². The molecule has 0 aliphatic carbocycles. The predicted octanol–water partition coefficient (Wildman–Crippen LogP) is 4.22. The Morgan fingerprint density at radius 2 is 1.97 bits per heavy atom. The molecule has 1 unspecified atom stereocenters. The maximum Gasteiger partial charge on any atom is 0.157 e. The van der Waals surface area contributed by atoms with Crippen LogP contribution in [0.3, 0.4) is 0 Å². The summed E-state index contributed by atoms with van der Waals surface area (Å²) in [5.41, 5.74) is 2.01. The molecule has 6 nitrogen and oxygen atoms in total. The van der Waals surface area contributed by atoms with E-state index in [4.69, 9.17) is 0 Å². The van der Waals surface area contributed by atoms with Crippen LogP contribution in [0.15, 0.2) is 42.6 Å². The summed E-state index contributed by atoms with van der Waals surface area (Å²) in [5.74, 6) is 1.07. The molecule has 0 aliphatic heterocycles. The number of benzene rings is 1. The summed E-state index contributed by atoms with van der Waals surface area (Å²) < 4.78 is 0. The van der Waals surface area contributed by atoms with Crippen LogP contribution in [0.25, 0.3) is 10.9 Å². The number of carbonyl (C=O) groups is 1. The third kappa shape index (κ3) is 5.87. The second-order valence-electron chi connectivity index (χ2n) is 8.59. The highest BCUT2D eigenvalue weighted by molar-refractivity contribution is 5.90. The highest BCUT2D eigenvalue weighted by Crippen LogP contribution is 2.24. The van der Waals surface area contributed by atoms with E-state index in [1.807, 2.05) is 31.2 Å². The molecule has 3 aromatic rings. The lowest BCUT2D eigenvalue weighted by Crippen LogP contribution is -2.29. The van der Waals surface area contributed by atoms with E-state index in [0.29, 0.717) is 25.1 Å². The van der Waals surface area contributed by atoms with Crippen molar-refractivity contribution in [2.75, 3.05) is 5.32 Å². The van der Waals surface area contributed by atoms with E-state index in [2.05, 4.69) is 39.6 Å². The van der Waals surface area contributed by atoms with E-state index in [1.165, 1.54) is 5.56 Å². The number of rotatable bonds is 9. The number of aromatic amines is 1. The molecule has 2 heterocycles. The van der Waals surface area contributed by atoms with Crippen molar-refractivity contribution in [2.24, 2.45) is 0 Å². The van der Waals surface area contributed by atoms with Crippen LogP contribution in [0, 0.1) is 0 Å². The molecule has 0 bridgehead atoms. The normalized spacial score (nSPS) is 14.0. The van der Waals surface area contributed by atoms with Gasteiger partial charge in [-0.2, -0.15) is 5.10 Å². The van der Waals surface area contributed by atoms with Gasteiger partial charge < -0.3 is 10.4 Å². The molecule has 0 aliphatic rings. The smallest absolute Gasteiger partial charge is 0.157 e. The molecule has 0 radical (unpaired) electrons. The maximum atomic E-state index is 12.5. The fourth-order valence-corrected chi connectivity index (χ4v) is 3.71. The number of carbonyl (C=O) groups excluding carboxylic acids is 1. The number of H-pyrrole nitrogens is 1. The topological polar surface area (TPSA) is 90.9 Å². The second-order valence-corrected chi connectivity index (χ2v) is 8.59. The average Bonchev–Trinajstić information content (AvgIpc) is 3.02. The van der Waals surface area contributed by atoms with Gasteiger partial charge in [-0.15, -0.1) is 0 Å². The number of aliphatic hydroxyl groups is 1. The van der Waals surface area contributed by atoms with E-state index < -0.39 is 5.60 Å². The molecule has 3 rings (SSSR count). The van der Waals surface area contributed by atoms with E-state index in [0.717, 1.165) is 16.6 Å². The number of nitrogens with zero attached hydrogens (tertiary/aromatic N) is 2. The van der Waals surface area contributed by atoms with Crippen molar-refractivity contribution in [3.8, 4) is 0 Å². The molecule has 29 heavy (non-hydrogen) atoms. The Bertz CT molecular complexity index is 960. The monoisotopic (exact) mass is 394 g/mol. The number of fused-ring (bicyclic) bond motifs is 1. The van der Waals surface area contributed by atoms with Gasteiger partial charge in [0.2, 0.25) is 0 Å². The fourth-order valence-electron chi connectivity index (χ4n) is 3.71. The first-order valence-corrected chi connectivity index (χ1v) is 10.1. The van der Waals surface area contributed by atoms with E-state index in [9.17, 15) is 9.90 Å². The Labute approximate surface area is 171 Å². The molecule has 6 heteroatoms. The van der Waals surface area contributed by atoms with Crippen LogP contribution in [0.2, 0.25) is 0 Å². The van der Waals surface area contributed by atoms with Crippen molar-refractivity contribution in [1.29, 1.82) is 0 Å². The van der Waals surface area contributed by atoms with Gasteiger partial charge in [0.25, 0.3) is 0 Å². The molecule has 0 spiro atoms. The third-order valence-electron chi connectivity index (χ3n) is 4.97. The number of ketones is 1. The van der Waals surface area contributed by atoms with Gasteiger partial charge in [0.1, 0.15) is 5.78 Å². The Morgan fingerprint density at radius 3 is 2.66 bits per heavy atom. The van der Waals surface area contributed by atoms with E-state index >= 15 is 0 Å². The molecule has 0 amide bonds. The number of aromatic nitrogens is 3. The summed E-state index contributed by atoms with van der Waals surface area (Å²) in [7, 11) is 0. The Balaban J connectivity index is 1.64. The lowest BCUT2D eigenvalue weighted by atomic mass is 9.94. The van der Waals surface area contributed by atoms with Crippen molar-refractivity contribution in [3.05, 3.63) is 53.9 Å². The number of Topliss-reactive ketones (excluding diaryl/α,β-unsaturated/α-hetero) is 1. The minimum atomic E-state index is -0.749. The molecule has 1 aromatic carbocycles. The van der Waals surface area contributed by atoms with Gasteiger partial charge in [-0.1, -0.05) is 37.3 Å². The minimum Gasteiger partial charge on any atom is -0.390 e. The maximum absolute atomic E-state index is 12.5. The summed E-state index contributed by atoms with van der Waals surface area (Å²) >= 11 is 0. The summed E-state index contributed by atoms with van der Waals surface area (Å²) in [6.07, 6.45) is 3.15. The van der Waals surface area contributed by atoms with Crippen LogP contribution >= 0.6 is 0 Å². The summed E-state index contributed by atoms with van der Waals surface area (Å²) in [6, 6.07) is 12.0. The quantitative estimate of drug-likeness (QED) is 0.505. The first-order valence-electron chi connectivity index (χ1n) is 10.1. The number of anilines is 1.